The fourth-order valence-electron chi connectivity index (χ4n) is 1.75. The minimum absolute atomic E-state index is 0.743. The number of benzene rings is 1. The fourth-order valence-corrected chi connectivity index (χ4v) is 1.75. The molecule has 0 bridgehead atoms. The zero-order valence-electron chi connectivity index (χ0n) is 11.4. The largest absolute Gasteiger partial charge is 0.487 e. The molecule has 0 saturated heterocycles. The first-order valence-corrected chi connectivity index (χ1v) is 6.16. The summed E-state index contributed by atoms with van der Waals surface area (Å²) in [7, 11) is 1.73. The van der Waals surface area contributed by atoms with Crippen LogP contribution in [0.5, 0.6) is 5.75 Å². The lowest BCUT2D eigenvalue weighted by molar-refractivity contribution is -0.656. The van der Waals surface area contributed by atoms with Crippen LogP contribution in [0.2, 0.25) is 0 Å². The van der Waals surface area contributed by atoms with Crippen LogP contribution in [-0.4, -0.2) is 33.4 Å². The first-order valence-electron chi connectivity index (χ1n) is 6.16. The van der Waals surface area contributed by atoms with Gasteiger partial charge < -0.3 is 14.8 Å². The predicted octanol–water partition coefficient (Wildman–Crippen LogP) is 1.20. The molecule has 0 aliphatic heterocycles. The minimum Gasteiger partial charge on any atom is -0.487 e. The zero-order chi connectivity index (χ0) is 12.7. The molecule has 0 heterocycles. The van der Waals surface area contributed by atoms with Crippen LogP contribution in [0.15, 0.2) is 12.1 Å². The standard InChI is InChI=1S/C14H23NO2/c1-11-9-12(2)13(3)14(10-11)17-8-6-15-5-7-16-4/h9-10,15H,5-8H2,1-4H3/p+1. The molecule has 0 saturated carbocycles. The van der Waals surface area contributed by atoms with Gasteiger partial charge in [-0.05, 0) is 43.5 Å². The van der Waals surface area contributed by atoms with E-state index >= 15 is 0 Å². The Labute approximate surface area is 104 Å². The molecule has 1 aromatic carbocycles. The number of methoxy groups -OCH3 is 1. The molecule has 17 heavy (non-hydrogen) atoms. The van der Waals surface area contributed by atoms with Gasteiger partial charge in [0.05, 0.1) is 13.2 Å². The molecular weight excluding hydrogens is 214 g/mol. The zero-order valence-corrected chi connectivity index (χ0v) is 11.4. The molecule has 0 amide bonds. The molecule has 0 spiro atoms. The Morgan fingerprint density at radius 3 is 2.47 bits per heavy atom. The van der Waals surface area contributed by atoms with Crippen molar-refractivity contribution in [3.05, 3.63) is 28.8 Å². The topological polar surface area (TPSA) is 35.1 Å². The number of rotatable bonds is 7. The Bertz CT molecular complexity index is 350. The Morgan fingerprint density at radius 1 is 1.06 bits per heavy atom. The first kappa shape index (κ1) is 14.0. The Morgan fingerprint density at radius 2 is 1.76 bits per heavy atom. The van der Waals surface area contributed by atoms with Crippen LogP contribution in [0.3, 0.4) is 0 Å². The van der Waals surface area contributed by atoms with E-state index in [0.29, 0.717) is 0 Å². The summed E-state index contributed by atoms with van der Waals surface area (Å²) in [4.78, 5) is 0. The van der Waals surface area contributed by atoms with Crippen LogP contribution in [0.4, 0.5) is 0 Å². The summed E-state index contributed by atoms with van der Waals surface area (Å²) in [6.07, 6.45) is 0. The van der Waals surface area contributed by atoms with Crippen molar-refractivity contribution >= 4 is 0 Å². The molecular formula is C14H24NO2+. The SMILES string of the molecule is COCC[NH2+]CCOc1cc(C)cc(C)c1C. The second kappa shape index (κ2) is 7.30. The van der Waals surface area contributed by atoms with Gasteiger partial charge in [0.15, 0.2) is 0 Å². The minimum atomic E-state index is 0.743. The number of hydrogen-bond donors (Lipinski definition) is 1. The Hall–Kier alpha value is -1.06. The number of hydrogen-bond acceptors (Lipinski definition) is 2. The van der Waals surface area contributed by atoms with Crippen molar-refractivity contribution in [1.29, 1.82) is 0 Å². The van der Waals surface area contributed by atoms with Gasteiger partial charge >= 0.3 is 0 Å². The lowest BCUT2D eigenvalue weighted by atomic mass is 10.1. The van der Waals surface area contributed by atoms with Gasteiger partial charge in [-0.25, -0.2) is 0 Å². The number of nitrogens with two attached hydrogens (primary N) is 1. The predicted molar refractivity (Wildman–Crippen MR) is 69.7 cm³/mol. The smallest absolute Gasteiger partial charge is 0.137 e. The summed E-state index contributed by atoms with van der Waals surface area (Å²) in [5.41, 5.74) is 3.79. The van der Waals surface area contributed by atoms with Crippen molar-refractivity contribution in [2.24, 2.45) is 0 Å². The van der Waals surface area contributed by atoms with Gasteiger partial charge in [-0.1, -0.05) is 6.07 Å². The molecule has 0 radical (unpaired) electrons. The van der Waals surface area contributed by atoms with Gasteiger partial charge in [-0.2, -0.15) is 0 Å². The monoisotopic (exact) mass is 238 g/mol. The number of ether oxygens (including phenoxy) is 2. The first-order chi connectivity index (χ1) is 8.15. The molecule has 1 aromatic rings. The van der Waals surface area contributed by atoms with Gasteiger partial charge in [-0.15, -0.1) is 0 Å². The molecule has 0 aromatic heterocycles. The third-order valence-electron chi connectivity index (χ3n) is 2.87. The van der Waals surface area contributed by atoms with Gasteiger partial charge in [0.1, 0.15) is 18.9 Å². The maximum atomic E-state index is 5.81. The number of quaternary nitrogens is 1. The van der Waals surface area contributed by atoms with Gasteiger partial charge in [0, 0.05) is 7.11 Å². The summed E-state index contributed by atoms with van der Waals surface area (Å²) < 4.78 is 10.8. The Kier molecular flexibility index (Phi) is 6.01. The molecule has 0 aliphatic rings. The lowest BCUT2D eigenvalue weighted by Crippen LogP contribution is -2.86. The van der Waals surface area contributed by atoms with Crippen LogP contribution < -0.4 is 10.1 Å². The van der Waals surface area contributed by atoms with Crippen molar-refractivity contribution in [3.63, 3.8) is 0 Å². The van der Waals surface area contributed by atoms with E-state index in [1.165, 1.54) is 16.7 Å². The van der Waals surface area contributed by atoms with Crippen LogP contribution in [0.25, 0.3) is 0 Å². The van der Waals surface area contributed by atoms with Crippen LogP contribution in [0, 0.1) is 20.8 Å². The van der Waals surface area contributed by atoms with E-state index in [-0.39, 0.29) is 0 Å². The van der Waals surface area contributed by atoms with E-state index in [9.17, 15) is 0 Å². The highest BCUT2D eigenvalue weighted by Gasteiger charge is 2.03. The quantitative estimate of drug-likeness (QED) is 0.724. The molecule has 0 fully saturated rings. The lowest BCUT2D eigenvalue weighted by Gasteiger charge is -2.11. The maximum Gasteiger partial charge on any atom is 0.137 e. The van der Waals surface area contributed by atoms with Crippen molar-refractivity contribution in [3.8, 4) is 5.75 Å². The molecule has 0 atom stereocenters. The van der Waals surface area contributed by atoms with E-state index in [4.69, 9.17) is 9.47 Å². The van der Waals surface area contributed by atoms with E-state index < -0.39 is 0 Å². The normalized spacial score (nSPS) is 10.6. The summed E-state index contributed by atoms with van der Waals surface area (Å²) in [6.45, 7) is 9.83. The second-order valence-electron chi connectivity index (χ2n) is 4.41. The van der Waals surface area contributed by atoms with Crippen molar-refractivity contribution < 1.29 is 14.8 Å². The average molecular weight is 238 g/mol. The van der Waals surface area contributed by atoms with E-state index in [1.54, 1.807) is 7.11 Å². The van der Waals surface area contributed by atoms with Gasteiger partial charge in [0.25, 0.3) is 0 Å². The molecule has 0 unspecified atom stereocenters. The van der Waals surface area contributed by atoms with E-state index in [0.717, 1.165) is 32.1 Å². The third kappa shape index (κ3) is 4.75. The van der Waals surface area contributed by atoms with Crippen molar-refractivity contribution in [1.82, 2.24) is 0 Å². The fraction of sp³-hybridized carbons (Fsp3) is 0.571. The average Bonchev–Trinajstić information content (AvgIpc) is 2.29. The van der Waals surface area contributed by atoms with Crippen LogP contribution in [0.1, 0.15) is 16.7 Å². The highest BCUT2D eigenvalue weighted by Crippen LogP contribution is 2.22. The molecule has 0 aliphatic carbocycles. The van der Waals surface area contributed by atoms with Gasteiger partial charge in [0.2, 0.25) is 0 Å². The van der Waals surface area contributed by atoms with Crippen molar-refractivity contribution in [2.45, 2.75) is 20.8 Å². The summed E-state index contributed by atoms with van der Waals surface area (Å²) >= 11 is 0. The maximum absolute atomic E-state index is 5.81. The second-order valence-corrected chi connectivity index (χ2v) is 4.41. The number of aryl methyl sites for hydroxylation is 2. The summed E-state index contributed by atoms with van der Waals surface area (Å²) in [5.74, 6) is 1.02. The van der Waals surface area contributed by atoms with Gasteiger partial charge in [-0.3, -0.25) is 0 Å². The van der Waals surface area contributed by atoms with Crippen LogP contribution >= 0.6 is 0 Å². The molecule has 3 heteroatoms. The molecule has 2 N–H and O–H groups in total. The Balaban J connectivity index is 2.36. The highest BCUT2D eigenvalue weighted by atomic mass is 16.5. The summed E-state index contributed by atoms with van der Waals surface area (Å²) in [5, 5.41) is 2.21. The highest BCUT2D eigenvalue weighted by molar-refractivity contribution is 5.41. The molecule has 1 rings (SSSR count). The molecule has 3 nitrogen and oxygen atoms in total. The van der Waals surface area contributed by atoms with Crippen molar-refractivity contribution in [2.75, 3.05) is 33.4 Å². The van der Waals surface area contributed by atoms with E-state index in [1.807, 2.05) is 0 Å². The summed E-state index contributed by atoms with van der Waals surface area (Å²) in [6, 6.07) is 4.30. The van der Waals surface area contributed by atoms with E-state index in [2.05, 4.69) is 38.2 Å². The third-order valence-corrected chi connectivity index (χ3v) is 2.87. The molecule has 96 valence electrons. The van der Waals surface area contributed by atoms with Crippen LogP contribution in [-0.2, 0) is 4.74 Å².